The molecule has 1 fully saturated rings. The van der Waals surface area contributed by atoms with Crippen LogP contribution in [-0.2, 0) is 17.9 Å². The van der Waals surface area contributed by atoms with E-state index in [2.05, 4.69) is 20.3 Å². The summed E-state index contributed by atoms with van der Waals surface area (Å²) in [7, 11) is 0. The molecule has 1 amide bonds. The van der Waals surface area contributed by atoms with Gasteiger partial charge >= 0.3 is 0 Å². The number of likely N-dealkylation sites (tertiary alicyclic amines) is 1. The first-order valence-corrected chi connectivity index (χ1v) is 8.55. The largest absolute Gasteiger partial charge is 0.350 e. The normalized spacial score (nSPS) is 19.2. The van der Waals surface area contributed by atoms with E-state index in [0.29, 0.717) is 19.1 Å². The second-order valence-electron chi connectivity index (χ2n) is 5.59. The highest BCUT2D eigenvalue weighted by Gasteiger charge is 2.24. The number of carbonyl (C=O) groups excluding carboxylic acids is 1. The second kappa shape index (κ2) is 7.51. The Morgan fingerprint density at radius 2 is 2.41 bits per heavy atom. The average molecular weight is 319 g/mol. The molecule has 0 saturated carbocycles. The van der Waals surface area contributed by atoms with E-state index in [0.717, 1.165) is 25.9 Å². The molecular weight excluding hydrogens is 298 g/mol. The summed E-state index contributed by atoms with van der Waals surface area (Å²) in [5, 5.41) is 9.21. The molecule has 1 aliphatic heterocycles. The summed E-state index contributed by atoms with van der Waals surface area (Å²) in [5.74, 6) is 0.0962. The van der Waals surface area contributed by atoms with Gasteiger partial charge in [0.1, 0.15) is 12.7 Å². The summed E-state index contributed by atoms with van der Waals surface area (Å²) in [6.07, 6.45) is 6.78. The third-order valence-electron chi connectivity index (χ3n) is 4.00. The van der Waals surface area contributed by atoms with Crippen LogP contribution in [0.3, 0.4) is 0 Å². The Bertz CT molecular complexity index is 569. The third kappa shape index (κ3) is 4.14. The van der Waals surface area contributed by atoms with Crippen LogP contribution in [0.2, 0.25) is 0 Å². The maximum Gasteiger partial charge on any atom is 0.234 e. The Hall–Kier alpha value is -1.73. The van der Waals surface area contributed by atoms with Gasteiger partial charge in [0.15, 0.2) is 0 Å². The van der Waals surface area contributed by atoms with Gasteiger partial charge in [-0.05, 0) is 30.8 Å². The lowest BCUT2D eigenvalue weighted by atomic mass is 10.0. The van der Waals surface area contributed by atoms with E-state index < -0.39 is 0 Å². The van der Waals surface area contributed by atoms with Gasteiger partial charge in [-0.3, -0.25) is 14.4 Å². The first-order valence-electron chi connectivity index (χ1n) is 7.67. The first-order chi connectivity index (χ1) is 10.8. The quantitative estimate of drug-likeness (QED) is 0.877. The number of carbonyl (C=O) groups is 1. The molecule has 0 bridgehead atoms. The van der Waals surface area contributed by atoms with Crippen molar-refractivity contribution in [1.82, 2.24) is 25.0 Å². The van der Waals surface area contributed by atoms with Gasteiger partial charge in [0, 0.05) is 10.9 Å². The number of rotatable bonds is 6. The van der Waals surface area contributed by atoms with Gasteiger partial charge in [0.25, 0.3) is 0 Å². The molecule has 1 saturated heterocycles. The van der Waals surface area contributed by atoms with Gasteiger partial charge in [-0.15, -0.1) is 11.3 Å². The van der Waals surface area contributed by atoms with E-state index >= 15 is 0 Å². The van der Waals surface area contributed by atoms with E-state index in [4.69, 9.17) is 0 Å². The van der Waals surface area contributed by atoms with Crippen molar-refractivity contribution in [2.45, 2.75) is 38.4 Å². The highest BCUT2D eigenvalue weighted by molar-refractivity contribution is 7.09. The molecule has 2 aromatic rings. The molecule has 0 unspecified atom stereocenters. The van der Waals surface area contributed by atoms with Gasteiger partial charge in [-0.2, -0.15) is 5.10 Å². The average Bonchev–Trinajstić information content (AvgIpc) is 3.20. The number of amides is 1. The Kier molecular flexibility index (Phi) is 5.18. The number of thiophene rings is 1. The van der Waals surface area contributed by atoms with Crippen molar-refractivity contribution in [2.24, 2.45) is 0 Å². The molecule has 0 aromatic carbocycles. The molecule has 7 heteroatoms. The van der Waals surface area contributed by atoms with Gasteiger partial charge in [0.2, 0.25) is 5.91 Å². The minimum Gasteiger partial charge on any atom is -0.350 e. The van der Waals surface area contributed by atoms with Crippen molar-refractivity contribution < 1.29 is 4.79 Å². The van der Waals surface area contributed by atoms with E-state index in [1.54, 1.807) is 24.0 Å². The van der Waals surface area contributed by atoms with E-state index in [9.17, 15) is 4.79 Å². The Morgan fingerprint density at radius 3 is 3.18 bits per heavy atom. The Balaban J connectivity index is 1.51. The molecule has 118 valence electrons. The Morgan fingerprint density at radius 1 is 1.45 bits per heavy atom. The van der Waals surface area contributed by atoms with Crippen LogP contribution in [0.5, 0.6) is 0 Å². The molecule has 1 atom stereocenters. The lowest BCUT2D eigenvalue weighted by molar-refractivity contribution is -0.123. The van der Waals surface area contributed by atoms with Gasteiger partial charge in [0.05, 0.1) is 19.6 Å². The number of piperidine rings is 1. The summed E-state index contributed by atoms with van der Waals surface area (Å²) in [6.45, 7) is 2.87. The van der Waals surface area contributed by atoms with Gasteiger partial charge in [-0.25, -0.2) is 4.98 Å². The highest BCUT2D eigenvalue weighted by atomic mass is 32.1. The molecule has 0 radical (unpaired) electrons. The predicted octanol–water partition coefficient (Wildman–Crippen LogP) is 1.51. The van der Waals surface area contributed by atoms with Crippen LogP contribution in [0.1, 0.15) is 24.1 Å². The standard InChI is InChI=1S/C15H21N5OS/c21-15(17-8-14-5-3-7-22-14)10-19-6-2-1-4-13(19)9-20-12-16-11-18-20/h3,5,7,11-13H,1-2,4,6,8-10H2,(H,17,21)/t13-/m0/s1. The molecule has 2 aromatic heterocycles. The minimum atomic E-state index is 0.0962. The van der Waals surface area contributed by atoms with Crippen molar-refractivity contribution in [3.8, 4) is 0 Å². The molecule has 1 aliphatic rings. The zero-order valence-corrected chi connectivity index (χ0v) is 13.3. The number of nitrogens with one attached hydrogen (secondary N) is 1. The fraction of sp³-hybridized carbons (Fsp3) is 0.533. The predicted molar refractivity (Wildman–Crippen MR) is 85.4 cm³/mol. The second-order valence-corrected chi connectivity index (χ2v) is 6.63. The van der Waals surface area contributed by atoms with Crippen LogP contribution in [-0.4, -0.2) is 44.7 Å². The summed E-state index contributed by atoms with van der Waals surface area (Å²) in [6, 6.07) is 4.41. The summed E-state index contributed by atoms with van der Waals surface area (Å²) < 4.78 is 1.85. The maximum atomic E-state index is 12.2. The van der Waals surface area contributed by atoms with Crippen molar-refractivity contribution >= 4 is 17.2 Å². The van der Waals surface area contributed by atoms with Crippen LogP contribution in [0.4, 0.5) is 0 Å². The molecule has 6 nitrogen and oxygen atoms in total. The van der Waals surface area contributed by atoms with Gasteiger partial charge < -0.3 is 5.32 Å². The van der Waals surface area contributed by atoms with Crippen LogP contribution in [0.15, 0.2) is 30.2 Å². The molecule has 22 heavy (non-hydrogen) atoms. The lowest BCUT2D eigenvalue weighted by Gasteiger charge is -2.34. The van der Waals surface area contributed by atoms with E-state index in [1.807, 2.05) is 22.2 Å². The van der Waals surface area contributed by atoms with Gasteiger partial charge in [-0.1, -0.05) is 12.5 Å². The summed E-state index contributed by atoms with van der Waals surface area (Å²) in [5.41, 5.74) is 0. The number of hydrogen-bond acceptors (Lipinski definition) is 5. The molecule has 1 N–H and O–H groups in total. The highest BCUT2D eigenvalue weighted by Crippen LogP contribution is 2.18. The summed E-state index contributed by atoms with van der Waals surface area (Å²) >= 11 is 1.67. The lowest BCUT2D eigenvalue weighted by Crippen LogP contribution is -2.47. The van der Waals surface area contributed by atoms with Crippen molar-refractivity contribution in [2.75, 3.05) is 13.1 Å². The van der Waals surface area contributed by atoms with Crippen LogP contribution in [0, 0.1) is 0 Å². The van der Waals surface area contributed by atoms with Crippen LogP contribution >= 0.6 is 11.3 Å². The summed E-state index contributed by atoms with van der Waals surface area (Å²) in [4.78, 5) is 19.6. The smallest absolute Gasteiger partial charge is 0.234 e. The monoisotopic (exact) mass is 319 g/mol. The fourth-order valence-electron chi connectivity index (χ4n) is 2.86. The first kappa shape index (κ1) is 15.2. The zero-order valence-electron chi connectivity index (χ0n) is 12.5. The maximum absolute atomic E-state index is 12.2. The van der Waals surface area contributed by atoms with E-state index in [-0.39, 0.29) is 5.91 Å². The third-order valence-corrected chi connectivity index (χ3v) is 4.88. The van der Waals surface area contributed by atoms with Crippen molar-refractivity contribution in [3.05, 3.63) is 35.0 Å². The topological polar surface area (TPSA) is 63.1 Å². The SMILES string of the molecule is O=C(CN1CCCC[C@H]1Cn1cncn1)NCc1cccs1. The number of hydrogen-bond donors (Lipinski definition) is 1. The van der Waals surface area contributed by atoms with Crippen molar-refractivity contribution in [3.63, 3.8) is 0 Å². The zero-order chi connectivity index (χ0) is 15.2. The van der Waals surface area contributed by atoms with Crippen molar-refractivity contribution in [1.29, 1.82) is 0 Å². The number of aromatic nitrogens is 3. The van der Waals surface area contributed by atoms with E-state index in [1.165, 1.54) is 11.3 Å². The van der Waals surface area contributed by atoms with Crippen LogP contribution < -0.4 is 5.32 Å². The molecule has 0 spiro atoms. The van der Waals surface area contributed by atoms with Crippen LogP contribution in [0.25, 0.3) is 0 Å². The minimum absolute atomic E-state index is 0.0962. The Labute approximate surface area is 134 Å². The fourth-order valence-corrected chi connectivity index (χ4v) is 3.50. The molecule has 3 heterocycles. The molecular formula is C15H21N5OS. The molecule has 0 aliphatic carbocycles. The number of nitrogens with zero attached hydrogens (tertiary/aromatic N) is 4. The molecule has 3 rings (SSSR count).